The van der Waals surface area contributed by atoms with Gasteiger partial charge in [0.2, 0.25) is 0 Å². The number of carbonyl (C=O) groups is 2. The second-order valence-electron chi connectivity index (χ2n) is 9.57. The number of amides is 2. The van der Waals surface area contributed by atoms with Crippen LogP contribution in [0.5, 0.6) is 0 Å². The van der Waals surface area contributed by atoms with Crippen molar-refractivity contribution < 1.29 is 14.0 Å². The molecule has 5 rings (SSSR count). The predicted octanol–water partition coefficient (Wildman–Crippen LogP) is 5.15. The molecule has 2 aromatic carbocycles. The highest BCUT2D eigenvalue weighted by atomic mass is 19.1. The summed E-state index contributed by atoms with van der Waals surface area (Å²) in [5.74, 6) is -0.674. The molecule has 0 aliphatic carbocycles. The van der Waals surface area contributed by atoms with Gasteiger partial charge in [0.25, 0.3) is 11.8 Å². The number of aromatic nitrogens is 1. The largest absolute Gasteiger partial charge is 0.358 e. The van der Waals surface area contributed by atoms with Crippen molar-refractivity contribution in [2.24, 2.45) is 0 Å². The van der Waals surface area contributed by atoms with E-state index in [4.69, 9.17) is 0 Å². The maximum Gasteiger partial charge on any atom is 0.256 e. The third-order valence-electron chi connectivity index (χ3n) is 7.12. The first-order valence-corrected chi connectivity index (χ1v) is 12.5. The van der Waals surface area contributed by atoms with E-state index in [1.807, 2.05) is 38.1 Å². The molecule has 0 spiro atoms. The minimum absolute atomic E-state index is 0.111. The Kier molecular flexibility index (Phi) is 6.74. The van der Waals surface area contributed by atoms with Gasteiger partial charge in [-0.15, -0.1) is 0 Å². The molecule has 2 aliphatic rings. The van der Waals surface area contributed by atoms with Crippen molar-refractivity contribution in [3.8, 4) is 11.1 Å². The van der Waals surface area contributed by atoms with Gasteiger partial charge in [-0.2, -0.15) is 0 Å². The van der Waals surface area contributed by atoms with Gasteiger partial charge in [0, 0.05) is 35.7 Å². The highest BCUT2D eigenvalue weighted by Crippen LogP contribution is 2.40. The van der Waals surface area contributed by atoms with Crippen molar-refractivity contribution in [3.05, 3.63) is 76.4 Å². The van der Waals surface area contributed by atoms with Crippen LogP contribution in [0.25, 0.3) is 22.8 Å². The predicted molar refractivity (Wildman–Crippen MR) is 141 cm³/mol. The van der Waals surface area contributed by atoms with Crippen molar-refractivity contribution in [1.29, 1.82) is 0 Å². The lowest BCUT2D eigenvalue weighted by atomic mass is 9.94. The summed E-state index contributed by atoms with van der Waals surface area (Å²) in [6, 6.07) is 11.9. The highest BCUT2D eigenvalue weighted by Gasteiger charge is 2.28. The molecular weight excluding hydrogens is 455 g/mol. The van der Waals surface area contributed by atoms with Crippen molar-refractivity contribution in [2.45, 2.75) is 33.1 Å². The normalized spacial score (nSPS) is 16.8. The summed E-state index contributed by atoms with van der Waals surface area (Å²) in [7, 11) is 0. The average molecular weight is 487 g/mol. The molecule has 2 amide bonds. The van der Waals surface area contributed by atoms with Crippen LogP contribution in [0.1, 0.15) is 52.1 Å². The molecule has 1 fully saturated rings. The Bertz CT molecular complexity index is 1350. The Hall–Kier alpha value is -3.71. The molecular formula is C29H31FN4O2. The lowest BCUT2D eigenvalue weighted by molar-refractivity contribution is -0.110. The zero-order valence-corrected chi connectivity index (χ0v) is 20.7. The summed E-state index contributed by atoms with van der Waals surface area (Å²) >= 11 is 0. The van der Waals surface area contributed by atoms with E-state index in [-0.39, 0.29) is 17.6 Å². The molecule has 1 aromatic heterocycles. The summed E-state index contributed by atoms with van der Waals surface area (Å²) in [4.78, 5) is 31.7. The van der Waals surface area contributed by atoms with Crippen LogP contribution >= 0.6 is 0 Å². The van der Waals surface area contributed by atoms with Crippen LogP contribution in [-0.4, -0.2) is 47.9 Å². The van der Waals surface area contributed by atoms with E-state index >= 15 is 0 Å². The highest BCUT2D eigenvalue weighted by molar-refractivity contribution is 6.36. The molecule has 2 aliphatic heterocycles. The molecule has 186 valence electrons. The summed E-state index contributed by atoms with van der Waals surface area (Å²) in [6.07, 6.45) is 5.52. The standard InChI is InChI=1S/C29H31FN4O2/c1-18-25(32-19(2)26(18)29(36)31-12-15-34-13-4-3-5-14-34)17-23-27-22(20-8-6-9-21(30)16-20)10-7-11-24(27)33-28(23)35/h6-11,16-17,32H,3-5,12-15H2,1-2H3,(H,31,36)(H,33,35)/b23-17-. The first-order valence-electron chi connectivity index (χ1n) is 12.5. The minimum Gasteiger partial charge on any atom is -0.358 e. The smallest absolute Gasteiger partial charge is 0.256 e. The first kappa shape index (κ1) is 24.0. The summed E-state index contributed by atoms with van der Waals surface area (Å²) in [5, 5.41) is 5.98. The van der Waals surface area contributed by atoms with Crippen LogP contribution < -0.4 is 10.6 Å². The number of H-pyrrole nitrogens is 1. The Labute approximate surface area is 210 Å². The Morgan fingerprint density at radius 2 is 1.89 bits per heavy atom. The molecule has 1 saturated heterocycles. The SMILES string of the molecule is Cc1[nH]c(/C=C2\C(=O)Nc3cccc(-c4cccc(F)c4)c32)c(C)c1C(=O)NCCN1CCCCC1. The van der Waals surface area contributed by atoms with Crippen LogP contribution in [0.4, 0.5) is 10.1 Å². The number of piperidine rings is 1. The molecule has 36 heavy (non-hydrogen) atoms. The fraction of sp³-hybridized carbons (Fsp3) is 0.310. The van der Waals surface area contributed by atoms with Crippen LogP contribution in [0, 0.1) is 19.7 Å². The Morgan fingerprint density at radius 3 is 2.67 bits per heavy atom. The van der Waals surface area contributed by atoms with Crippen LogP contribution in [0.15, 0.2) is 42.5 Å². The second-order valence-corrected chi connectivity index (χ2v) is 9.57. The van der Waals surface area contributed by atoms with E-state index in [1.54, 1.807) is 12.1 Å². The van der Waals surface area contributed by atoms with Crippen molar-refractivity contribution >= 4 is 29.2 Å². The zero-order valence-electron chi connectivity index (χ0n) is 20.7. The van der Waals surface area contributed by atoms with E-state index in [9.17, 15) is 14.0 Å². The Balaban J connectivity index is 1.42. The number of anilines is 1. The number of halogens is 1. The summed E-state index contributed by atoms with van der Waals surface area (Å²) in [5.41, 5.74) is 6.23. The summed E-state index contributed by atoms with van der Waals surface area (Å²) in [6.45, 7) is 7.40. The van der Waals surface area contributed by atoms with Gasteiger partial charge in [0.05, 0.1) is 11.1 Å². The number of aromatic amines is 1. The van der Waals surface area contributed by atoms with Gasteiger partial charge >= 0.3 is 0 Å². The number of benzene rings is 2. The van der Waals surface area contributed by atoms with Gasteiger partial charge in [-0.25, -0.2) is 4.39 Å². The number of hydrogen-bond acceptors (Lipinski definition) is 3. The number of nitrogens with one attached hydrogen (secondary N) is 3. The van der Waals surface area contributed by atoms with Gasteiger partial charge in [0.1, 0.15) is 5.82 Å². The quantitative estimate of drug-likeness (QED) is 0.422. The number of nitrogens with zero attached hydrogens (tertiary/aromatic N) is 1. The monoisotopic (exact) mass is 486 g/mol. The number of aryl methyl sites for hydroxylation is 1. The fourth-order valence-corrected chi connectivity index (χ4v) is 5.29. The molecule has 0 atom stereocenters. The molecule has 3 heterocycles. The Morgan fingerprint density at radius 1 is 1.11 bits per heavy atom. The molecule has 0 radical (unpaired) electrons. The maximum absolute atomic E-state index is 14.0. The molecule has 0 bridgehead atoms. The number of fused-ring (bicyclic) bond motifs is 1. The van der Waals surface area contributed by atoms with E-state index in [1.165, 1.54) is 31.4 Å². The minimum atomic E-state index is -0.334. The first-order chi connectivity index (χ1) is 17.4. The molecule has 0 unspecified atom stereocenters. The number of carbonyl (C=O) groups excluding carboxylic acids is 2. The lowest BCUT2D eigenvalue weighted by Gasteiger charge is -2.26. The number of hydrogen-bond donors (Lipinski definition) is 3. The zero-order chi connectivity index (χ0) is 25.2. The fourth-order valence-electron chi connectivity index (χ4n) is 5.29. The van der Waals surface area contributed by atoms with E-state index in [2.05, 4.69) is 20.5 Å². The maximum atomic E-state index is 14.0. The van der Waals surface area contributed by atoms with Crippen LogP contribution in [0.3, 0.4) is 0 Å². The van der Waals surface area contributed by atoms with Crippen molar-refractivity contribution in [1.82, 2.24) is 15.2 Å². The lowest BCUT2D eigenvalue weighted by Crippen LogP contribution is -2.37. The molecule has 3 N–H and O–H groups in total. The topological polar surface area (TPSA) is 77.2 Å². The van der Waals surface area contributed by atoms with Crippen LogP contribution in [-0.2, 0) is 4.79 Å². The molecule has 7 heteroatoms. The van der Waals surface area contributed by atoms with Crippen molar-refractivity contribution in [3.63, 3.8) is 0 Å². The third kappa shape index (κ3) is 4.71. The van der Waals surface area contributed by atoms with E-state index in [0.717, 1.165) is 42.0 Å². The van der Waals surface area contributed by atoms with Crippen molar-refractivity contribution in [2.75, 3.05) is 31.5 Å². The molecule has 6 nitrogen and oxygen atoms in total. The molecule has 0 saturated carbocycles. The van der Waals surface area contributed by atoms with E-state index < -0.39 is 0 Å². The average Bonchev–Trinajstić information content (AvgIpc) is 3.34. The van der Waals surface area contributed by atoms with Gasteiger partial charge < -0.3 is 20.5 Å². The third-order valence-corrected chi connectivity index (χ3v) is 7.12. The van der Waals surface area contributed by atoms with E-state index in [0.29, 0.717) is 34.6 Å². The van der Waals surface area contributed by atoms with Gasteiger partial charge in [-0.05, 0) is 80.7 Å². The summed E-state index contributed by atoms with van der Waals surface area (Å²) < 4.78 is 14.0. The second kappa shape index (κ2) is 10.1. The van der Waals surface area contributed by atoms with Gasteiger partial charge in [-0.1, -0.05) is 30.7 Å². The number of rotatable bonds is 6. The van der Waals surface area contributed by atoms with Gasteiger partial charge in [0.15, 0.2) is 0 Å². The van der Waals surface area contributed by atoms with Crippen LogP contribution in [0.2, 0.25) is 0 Å². The molecule has 3 aromatic rings. The number of likely N-dealkylation sites (tertiary alicyclic amines) is 1. The van der Waals surface area contributed by atoms with Gasteiger partial charge in [-0.3, -0.25) is 9.59 Å².